The Labute approximate surface area is 132 Å². The third kappa shape index (κ3) is 4.04. The van der Waals surface area contributed by atoms with Crippen LogP contribution in [-0.2, 0) is 10.0 Å². The predicted octanol–water partition coefficient (Wildman–Crippen LogP) is 2.39. The predicted molar refractivity (Wildman–Crippen MR) is 84.4 cm³/mol. The molecule has 0 amide bonds. The number of hydrogen-bond donors (Lipinski definition) is 1. The van der Waals surface area contributed by atoms with E-state index in [0.717, 1.165) is 6.07 Å². The molecule has 1 atom stereocenters. The second-order valence-corrected chi connectivity index (χ2v) is 8.71. The molecule has 1 aromatic heterocycles. The van der Waals surface area contributed by atoms with Gasteiger partial charge in [0.25, 0.3) is 0 Å². The molecule has 22 heavy (non-hydrogen) atoms. The Kier molecular flexibility index (Phi) is 5.35. The summed E-state index contributed by atoms with van der Waals surface area (Å²) in [6, 6.07) is 1.16. The van der Waals surface area contributed by atoms with E-state index in [1.807, 2.05) is 27.7 Å². The summed E-state index contributed by atoms with van der Waals surface area (Å²) in [7, 11) is -2.26. The van der Waals surface area contributed by atoms with Gasteiger partial charge in [-0.15, -0.1) is 0 Å². The number of aromatic nitrogens is 1. The van der Waals surface area contributed by atoms with Gasteiger partial charge in [-0.3, -0.25) is 4.98 Å². The summed E-state index contributed by atoms with van der Waals surface area (Å²) in [4.78, 5) is 14.9. The van der Waals surface area contributed by atoms with Gasteiger partial charge in [0.2, 0.25) is 10.0 Å². The van der Waals surface area contributed by atoms with Crippen molar-refractivity contribution in [2.75, 3.05) is 13.6 Å². The van der Waals surface area contributed by atoms with Crippen LogP contribution < -0.4 is 0 Å². The van der Waals surface area contributed by atoms with Gasteiger partial charge in [0.1, 0.15) is 4.90 Å². The van der Waals surface area contributed by atoms with E-state index in [0.29, 0.717) is 6.54 Å². The summed E-state index contributed by atoms with van der Waals surface area (Å²) in [5, 5.41) is 9.10. The average Bonchev–Trinajstić information content (AvgIpc) is 2.37. The van der Waals surface area contributed by atoms with E-state index >= 15 is 0 Å². The molecule has 6 nitrogen and oxygen atoms in total. The van der Waals surface area contributed by atoms with Crippen molar-refractivity contribution in [1.29, 1.82) is 0 Å². The van der Waals surface area contributed by atoms with Crippen molar-refractivity contribution in [1.82, 2.24) is 9.29 Å². The van der Waals surface area contributed by atoms with Crippen LogP contribution in [0.2, 0.25) is 0 Å². The van der Waals surface area contributed by atoms with Crippen LogP contribution in [-0.4, -0.2) is 42.4 Å². The maximum absolute atomic E-state index is 12.6. The molecule has 0 aliphatic rings. The van der Waals surface area contributed by atoms with Crippen LogP contribution in [0.15, 0.2) is 17.2 Å². The van der Waals surface area contributed by atoms with Gasteiger partial charge in [0.05, 0.1) is 11.3 Å². The summed E-state index contributed by atoms with van der Waals surface area (Å²) in [5.41, 5.74) is 0.164. The second-order valence-electron chi connectivity index (χ2n) is 6.66. The molecule has 1 rings (SSSR count). The van der Waals surface area contributed by atoms with Crippen LogP contribution in [0.3, 0.4) is 0 Å². The average molecular weight is 328 g/mol. The number of aryl methyl sites for hydroxylation is 1. The zero-order valence-corrected chi connectivity index (χ0v) is 14.7. The van der Waals surface area contributed by atoms with Gasteiger partial charge in [0, 0.05) is 19.8 Å². The molecule has 7 heteroatoms. The lowest BCUT2D eigenvalue weighted by Crippen LogP contribution is -2.35. The van der Waals surface area contributed by atoms with Crippen LogP contribution >= 0.6 is 0 Å². The number of pyridine rings is 1. The SMILES string of the molecule is Cc1ncc(S(=O)(=O)N(C)CC(C)C(C)(C)C)cc1C(=O)O. The van der Waals surface area contributed by atoms with E-state index in [1.165, 1.54) is 24.5 Å². The molecule has 1 heterocycles. The van der Waals surface area contributed by atoms with Crippen LogP contribution in [0.4, 0.5) is 0 Å². The number of hydrogen-bond acceptors (Lipinski definition) is 4. The van der Waals surface area contributed by atoms with E-state index in [4.69, 9.17) is 5.11 Å². The smallest absolute Gasteiger partial charge is 0.337 e. The van der Waals surface area contributed by atoms with Crippen molar-refractivity contribution >= 4 is 16.0 Å². The standard InChI is InChI=1S/C15H24N2O4S/c1-10(15(3,4)5)9-17(6)22(20,21)12-7-13(14(18)19)11(2)16-8-12/h7-8,10H,9H2,1-6H3,(H,18,19). The van der Waals surface area contributed by atoms with E-state index in [9.17, 15) is 13.2 Å². The first-order chi connectivity index (χ1) is 9.87. The zero-order chi connectivity index (χ0) is 17.3. The van der Waals surface area contributed by atoms with Crippen molar-refractivity contribution in [2.24, 2.45) is 11.3 Å². The topological polar surface area (TPSA) is 87.6 Å². The minimum absolute atomic E-state index is 0.0263. The highest BCUT2D eigenvalue weighted by Crippen LogP contribution is 2.27. The summed E-state index contributed by atoms with van der Waals surface area (Å²) in [5.74, 6) is -1.04. The quantitative estimate of drug-likeness (QED) is 0.896. The summed E-state index contributed by atoms with van der Waals surface area (Å²) in [6.45, 7) is 10.0. The minimum Gasteiger partial charge on any atom is -0.478 e. The van der Waals surface area contributed by atoms with Crippen LogP contribution in [0.5, 0.6) is 0 Å². The number of nitrogens with zero attached hydrogens (tertiary/aromatic N) is 2. The fourth-order valence-corrected chi connectivity index (χ4v) is 3.04. The van der Waals surface area contributed by atoms with E-state index in [2.05, 4.69) is 4.98 Å². The highest BCUT2D eigenvalue weighted by molar-refractivity contribution is 7.89. The van der Waals surface area contributed by atoms with Gasteiger partial charge in [-0.05, 0) is 24.3 Å². The number of carboxylic acids is 1. The molecule has 1 N–H and O–H groups in total. The first-order valence-corrected chi connectivity index (χ1v) is 8.47. The summed E-state index contributed by atoms with van der Waals surface area (Å²) < 4.78 is 26.4. The lowest BCUT2D eigenvalue weighted by Gasteiger charge is -2.30. The molecule has 124 valence electrons. The van der Waals surface area contributed by atoms with Crippen molar-refractivity contribution in [3.8, 4) is 0 Å². The zero-order valence-electron chi connectivity index (χ0n) is 13.9. The summed E-state index contributed by atoms with van der Waals surface area (Å²) >= 11 is 0. The Morgan fingerprint density at radius 1 is 1.41 bits per heavy atom. The molecule has 0 aromatic carbocycles. The van der Waals surface area contributed by atoms with Crippen molar-refractivity contribution in [3.63, 3.8) is 0 Å². The Balaban J connectivity index is 3.14. The van der Waals surface area contributed by atoms with Crippen LogP contribution in [0.1, 0.15) is 43.7 Å². The minimum atomic E-state index is -3.76. The number of carbonyl (C=O) groups is 1. The van der Waals surface area contributed by atoms with Gasteiger partial charge < -0.3 is 5.11 Å². The Morgan fingerprint density at radius 3 is 2.41 bits per heavy atom. The van der Waals surface area contributed by atoms with Gasteiger partial charge >= 0.3 is 5.97 Å². The second kappa shape index (κ2) is 6.34. The van der Waals surface area contributed by atoms with E-state index < -0.39 is 16.0 Å². The van der Waals surface area contributed by atoms with Crippen molar-refractivity contribution in [3.05, 3.63) is 23.5 Å². The fourth-order valence-electron chi connectivity index (χ4n) is 1.81. The van der Waals surface area contributed by atoms with Gasteiger partial charge in [-0.2, -0.15) is 0 Å². The monoisotopic (exact) mass is 328 g/mol. The third-order valence-electron chi connectivity index (χ3n) is 4.01. The molecule has 0 fully saturated rings. The molecule has 0 bridgehead atoms. The maximum atomic E-state index is 12.6. The Hall–Kier alpha value is -1.47. The molecular formula is C15H24N2O4S. The number of carboxylic acid groups (broad SMARTS) is 1. The third-order valence-corrected chi connectivity index (χ3v) is 5.80. The fraction of sp³-hybridized carbons (Fsp3) is 0.600. The van der Waals surface area contributed by atoms with Crippen molar-refractivity contribution in [2.45, 2.75) is 39.5 Å². The molecule has 0 aliphatic heterocycles. The first kappa shape index (κ1) is 18.6. The highest BCUT2D eigenvalue weighted by Gasteiger charge is 2.28. The molecule has 0 saturated heterocycles. The van der Waals surface area contributed by atoms with E-state index in [1.54, 1.807) is 0 Å². The van der Waals surface area contributed by atoms with Gasteiger partial charge in [-0.25, -0.2) is 17.5 Å². The lowest BCUT2D eigenvalue weighted by molar-refractivity contribution is 0.0695. The Morgan fingerprint density at radius 2 is 1.95 bits per heavy atom. The molecule has 0 aliphatic carbocycles. The van der Waals surface area contributed by atoms with E-state index in [-0.39, 0.29) is 27.5 Å². The largest absolute Gasteiger partial charge is 0.478 e. The number of rotatable bonds is 5. The normalized spacial score (nSPS) is 14.1. The number of sulfonamides is 1. The van der Waals surface area contributed by atoms with Crippen LogP contribution in [0, 0.1) is 18.3 Å². The molecule has 0 radical (unpaired) electrons. The van der Waals surface area contributed by atoms with Crippen LogP contribution in [0.25, 0.3) is 0 Å². The molecule has 1 aromatic rings. The number of aromatic carboxylic acids is 1. The first-order valence-electron chi connectivity index (χ1n) is 7.03. The molecule has 0 saturated carbocycles. The Bertz CT molecular complexity index is 663. The molecule has 0 spiro atoms. The van der Waals surface area contributed by atoms with Gasteiger partial charge in [0.15, 0.2) is 0 Å². The maximum Gasteiger partial charge on any atom is 0.337 e. The molecular weight excluding hydrogens is 304 g/mol. The van der Waals surface area contributed by atoms with Gasteiger partial charge in [-0.1, -0.05) is 27.7 Å². The summed E-state index contributed by atoms with van der Waals surface area (Å²) in [6.07, 6.45) is 1.20. The highest BCUT2D eigenvalue weighted by atomic mass is 32.2. The van der Waals surface area contributed by atoms with Crippen molar-refractivity contribution < 1.29 is 18.3 Å². The molecule has 1 unspecified atom stereocenters. The lowest BCUT2D eigenvalue weighted by atomic mass is 9.82.